The lowest BCUT2D eigenvalue weighted by molar-refractivity contribution is -0.155. The van der Waals surface area contributed by atoms with Crippen LogP contribution in [0.3, 0.4) is 0 Å². The molecule has 0 bridgehead atoms. The Labute approximate surface area is 644 Å². The maximum atomic E-state index is 15.6. The summed E-state index contributed by atoms with van der Waals surface area (Å²) >= 11 is 10.9. The van der Waals surface area contributed by atoms with Gasteiger partial charge in [0.15, 0.2) is 10.2 Å². The monoisotopic (exact) mass is 1630 g/mol. The van der Waals surface area contributed by atoms with Crippen molar-refractivity contribution in [2.24, 2.45) is 17.2 Å². The molecule has 10 aliphatic rings. The Kier molecular flexibility index (Phi) is 23.7. The van der Waals surface area contributed by atoms with Gasteiger partial charge in [-0.1, -0.05) is 0 Å². The maximum Gasteiger partial charge on any atom is 0.416 e. The number of anilines is 2. The molecule has 42 heteroatoms. The molecule has 0 saturated carbocycles. The van der Waals surface area contributed by atoms with Crippen molar-refractivity contribution < 1.29 is 105 Å². The fourth-order valence-electron chi connectivity index (χ4n) is 17.9. The highest BCUT2D eigenvalue weighted by Crippen LogP contribution is 2.42. The molecule has 0 aromatic heterocycles. The molecule has 10 aliphatic heterocycles. The van der Waals surface area contributed by atoms with Crippen LogP contribution in [0.5, 0.6) is 0 Å². The quantitative estimate of drug-likeness (QED) is 0.105. The highest BCUT2D eigenvalue weighted by Gasteiger charge is 2.56. The van der Waals surface area contributed by atoms with Crippen molar-refractivity contribution in [1.29, 1.82) is 0 Å². The number of nitrogens with one attached hydrogen (secondary N) is 4. The van der Waals surface area contributed by atoms with Crippen molar-refractivity contribution in [3.63, 3.8) is 0 Å². The van der Waals surface area contributed by atoms with Crippen molar-refractivity contribution in [3.8, 4) is 0 Å². The molecule has 10 heterocycles. The van der Waals surface area contributed by atoms with Gasteiger partial charge in [0.2, 0.25) is 65.0 Å². The van der Waals surface area contributed by atoms with E-state index in [0.29, 0.717) is 37.1 Å². The molecule has 0 aliphatic carbocycles. The van der Waals surface area contributed by atoms with Gasteiger partial charge in [-0.15, -0.1) is 0 Å². The van der Waals surface area contributed by atoms with Crippen LogP contribution in [-0.2, 0) is 77.4 Å². The molecule has 11 amide bonds. The Hall–Kier alpha value is -8.93. The molecule has 10 N–H and O–H groups in total. The van der Waals surface area contributed by atoms with E-state index in [-0.39, 0.29) is 154 Å². The third kappa shape index (κ3) is 17.1. The lowest BCUT2D eigenvalue weighted by Crippen LogP contribution is -2.59. The van der Waals surface area contributed by atoms with Gasteiger partial charge in [-0.25, -0.2) is 0 Å². The minimum atomic E-state index is -5.25. The molecule has 12 rings (SSSR count). The van der Waals surface area contributed by atoms with E-state index in [1.807, 2.05) is 0 Å². The summed E-state index contributed by atoms with van der Waals surface area (Å²) in [5, 5.41) is 9.26. The van der Waals surface area contributed by atoms with E-state index in [1.54, 1.807) is 0 Å². The van der Waals surface area contributed by atoms with Crippen molar-refractivity contribution in [2.45, 2.75) is 219 Å². The molecule has 28 nitrogen and oxygen atoms in total. The normalized spacial score (nSPS) is 28.4. The number of carbonyl (C=O) groups excluding carboxylic acids is 11. The lowest BCUT2D eigenvalue weighted by Gasteiger charge is -2.37. The molecule has 2 aromatic rings. The summed E-state index contributed by atoms with van der Waals surface area (Å²) < 4.78 is 168. The van der Waals surface area contributed by atoms with Crippen molar-refractivity contribution in [3.05, 3.63) is 58.7 Å². The van der Waals surface area contributed by atoms with Crippen LogP contribution in [0.2, 0.25) is 0 Å². The van der Waals surface area contributed by atoms with Crippen LogP contribution < -0.4 is 38.5 Å². The molecule has 14 atom stereocenters. The first-order valence-electron chi connectivity index (χ1n) is 37.1. The molecule has 0 radical (unpaired) electrons. The van der Waals surface area contributed by atoms with Gasteiger partial charge in [-0.05, 0) is 164 Å². The number of rotatable bonds is 14. The summed E-state index contributed by atoms with van der Waals surface area (Å²) in [5.74, 6) is -7.48. The summed E-state index contributed by atoms with van der Waals surface area (Å²) in [6.07, 6.45) is -19.4. The first-order chi connectivity index (χ1) is 52.6. The fraction of sp³-hybridized carbons (Fsp3) is 0.643. The molecule has 112 heavy (non-hydrogen) atoms. The molecular formula is C70H85F12N17O11S2. The Morgan fingerprint density at radius 3 is 0.830 bits per heavy atom. The van der Waals surface area contributed by atoms with E-state index < -0.39 is 231 Å². The minimum Gasteiger partial charge on any atom is -0.368 e. The Balaban J connectivity index is 0.800. The Morgan fingerprint density at radius 2 is 0.571 bits per heavy atom. The van der Waals surface area contributed by atoms with Gasteiger partial charge in [-0.2, -0.15) is 52.7 Å². The molecule has 10 saturated heterocycles. The summed E-state index contributed by atoms with van der Waals surface area (Å²) in [4.78, 5) is 173. The second-order valence-corrected chi connectivity index (χ2v) is 31.2. The zero-order valence-electron chi connectivity index (χ0n) is 60.5. The smallest absolute Gasteiger partial charge is 0.368 e. The first kappa shape index (κ1) is 82.5. The summed E-state index contributed by atoms with van der Waals surface area (Å²) in [7, 11) is 0. The molecule has 612 valence electrons. The predicted molar refractivity (Wildman–Crippen MR) is 379 cm³/mol. The van der Waals surface area contributed by atoms with Gasteiger partial charge < -0.3 is 87.5 Å². The van der Waals surface area contributed by atoms with Crippen molar-refractivity contribution in [2.75, 3.05) is 76.1 Å². The molecule has 0 unspecified atom stereocenters. The fourth-order valence-corrected chi connectivity index (χ4v) is 18.4. The number of alkyl halides is 12. The lowest BCUT2D eigenvalue weighted by atomic mass is 10.1. The summed E-state index contributed by atoms with van der Waals surface area (Å²) in [5.41, 5.74) is 9.84. The standard InChI is InChI=1S/C70H85F12N17O11S2/c1-34(100)96-30-40(84)27-52(96)62(108)93-17-2-8-45(93)56(102)91-15-6-12-49(91)60(106)98-32-44(89-66(112)87-42-24-37(69(77,78)79)21-38(25-42)70(80,81)82)29-54(98)64(110)95-19-4-10-47(95)58(104)92-16-7-13-50(92)61(107)99-33-43(88-65(111)86-41-22-35(67(71,72)73)20-36(23-41)68(74,75)76)28-53(99)63(109)94-18-3-9-46(94)57(103)90-14-5-11-48(90)59(105)97-31-39(83)26-51(97)55(85)101/h20-25,39-40,43-54H,2-19,26-33,83-84H2,1H3,(H2,85,101)(H2,86,88,111)(H2,87,89,112)/t39-,40-,43-,44-,45-,46-,47-,48-,49-,50-,51-,52-,53-,54-/m0/s1. The number of halogens is 12. The number of nitrogens with zero attached hydrogens (tertiary/aromatic N) is 10. The SMILES string of the molecule is CC(=O)N1C[C@@H](N)C[C@H]1C(=O)N1CCC[C@H]1C(=O)N1CCC[C@H]1C(=O)N1C[C@@H](NC(=S)Nc2cc(C(F)(F)F)cc(C(F)(F)F)c2)C[C@H]1C(=O)N1CCC[C@H]1C(=O)N1CCC[C@H]1C(=O)N1C[C@@H](NC(=S)Nc2cc(C(F)(F)F)cc(C(F)(F)F)c2)C[C@H]1C(=O)N1CCC[C@H]1C(=O)N1CCC[C@H]1C(=O)N1C[C@@H](N)C[C@H]1C(N)=O. The third-order valence-corrected chi connectivity index (χ3v) is 23.4. The van der Waals surface area contributed by atoms with Crippen molar-refractivity contribution in [1.82, 2.24) is 59.6 Å². The molecule has 0 spiro atoms. The van der Waals surface area contributed by atoms with E-state index in [2.05, 4.69) is 21.3 Å². The number of carbonyl (C=O) groups is 11. The molecule has 2 aromatic carbocycles. The summed E-state index contributed by atoms with van der Waals surface area (Å²) in [6, 6.07) is -14.3. The van der Waals surface area contributed by atoms with Gasteiger partial charge in [0.25, 0.3) is 0 Å². The number of amides is 11. The first-order valence-corrected chi connectivity index (χ1v) is 38.0. The number of likely N-dealkylation sites (tertiary alicyclic amines) is 10. The van der Waals surface area contributed by atoms with Crippen LogP contribution in [0.1, 0.15) is 132 Å². The van der Waals surface area contributed by atoms with E-state index >= 15 is 24.0 Å². The van der Waals surface area contributed by atoms with Crippen LogP contribution in [0.15, 0.2) is 36.4 Å². The van der Waals surface area contributed by atoms with Crippen LogP contribution in [0, 0.1) is 0 Å². The number of nitrogens with two attached hydrogens (primary N) is 3. The van der Waals surface area contributed by atoms with Crippen LogP contribution >= 0.6 is 24.4 Å². The van der Waals surface area contributed by atoms with E-state index in [9.17, 15) is 81.5 Å². The van der Waals surface area contributed by atoms with E-state index in [1.165, 1.54) is 46.1 Å². The second kappa shape index (κ2) is 32.2. The largest absolute Gasteiger partial charge is 0.416 e. The number of benzene rings is 2. The third-order valence-electron chi connectivity index (χ3n) is 23.0. The average Bonchev–Trinajstić information content (AvgIpc) is 1.58. The van der Waals surface area contributed by atoms with Crippen LogP contribution in [0.25, 0.3) is 0 Å². The molecular weight excluding hydrogens is 1550 g/mol. The number of primary amides is 1. The predicted octanol–water partition coefficient (Wildman–Crippen LogP) is 3.28. The van der Waals surface area contributed by atoms with Crippen LogP contribution in [-0.4, -0.2) is 274 Å². The van der Waals surface area contributed by atoms with Gasteiger partial charge >= 0.3 is 24.7 Å². The van der Waals surface area contributed by atoms with E-state index in [0.717, 1.165) is 9.80 Å². The number of hydrogen-bond donors (Lipinski definition) is 7. The van der Waals surface area contributed by atoms with Crippen molar-refractivity contribution >= 4 is 111 Å². The van der Waals surface area contributed by atoms with Gasteiger partial charge in [0.05, 0.1) is 22.3 Å². The van der Waals surface area contributed by atoms with Crippen LogP contribution in [0.4, 0.5) is 64.1 Å². The Morgan fingerprint density at radius 1 is 0.339 bits per heavy atom. The highest BCUT2D eigenvalue weighted by atomic mass is 32.1. The second-order valence-electron chi connectivity index (χ2n) is 30.4. The molecule has 10 fully saturated rings. The zero-order valence-corrected chi connectivity index (χ0v) is 62.1. The van der Waals surface area contributed by atoms with Gasteiger partial charge in [0, 0.05) is 108 Å². The highest BCUT2D eigenvalue weighted by molar-refractivity contribution is 7.80. The number of thiocarbonyl (C=S) groups is 2. The average molecular weight is 1630 g/mol. The zero-order chi connectivity index (χ0) is 81.3. The van der Waals surface area contributed by atoms with Gasteiger partial charge in [0.1, 0.15) is 60.4 Å². The minimum absolute atomic E-state index is 0.0174. The number of hydrogen-bond acceptors (Lipinski definition) is 15. The maximum absolute atomic E-state index is 15.6. The topological polar surface area (TPSA) is 346 Å². The Bertz CT molecular complexity index is 3790. The summed E-state index contributed by atoms with van der Waals surface area (Å²) in [6.45, 7) is 0.475. The van der Waals surface area contributed by atoms with E-state index in [4.69, 9.17) is 41.6 Å². The van der Waals surface area contributed by atoms with Gasteiger partial charge in [-0.3, -0.25) is 52.7 Å².